The summed E-state index contributed by atoms with van der Waals surface area (Å²) in [5.74, 6) is 5.24. The van der Waals surface area contributed by atoms with Crippen molar-refractivity contribution in [1.82, 2.24) is 0 Å². The predicted molar refractivity (Wildman–Crippen MR) is 38.7 cm³/mol. The number of hydrogen-bond donors (Lipinski definition) is 2. The Morgan fingerprint density at radius 3 is 2.18 bits per heavy atom. The minimum Gasteiger partial charge on any atom is -0.394 e. The van der Waals surface area contributed by atoms with E-state index in [2.05, 4.69) is 16.6 Å². The van der Waals surface area contributed by atoms with Crippen LogP contribution in [0.1, 0.15) is 0 Å². The maximum Gasteiger partial charge on any atom is 0.144 e. The molecule has 0 aromatic carbocycles. The molecule has 0 saturated carbocycles. The lowest BCUT2D eigenvalue weighted by molar-refractivity contribution is 0.0155. The van der Waals surface area contributed by atoms with E-state index in [1.54, 1.807) is 0 Å². The Morgan fingerprint density at radius 2 is 1.64 bits per heavy atom. The normalized spacial score (nSPS) is 8.91. The molecule has 0 aromatic heterocycles. The molecule has 64 valence electrons. The molecule has 0 heterocycles. The Labute approximate surface area is 65.7 Å². The van der Waals surface area contributed by atoms with Gasteiger partial charge in [0.1, 0.15) is 20.0 Å². The van der Waals surface area contributed by atoms with Gasteiger partial charge in [0, 0.05) is 0 Å². The summed E-state index contributed by atoms with van der Waals surface area (Å²) in [6.45, 7) is 0.491. The molecule has 0 saturated heterocycles. The monoisotopic (exact) mass is 160 g/mol. The second kappa shape index (κ2) is 9.40. The highest BCUT2D eigenvalue weighted by molar-refractivity contribution is 4.99. The van der Waals surface area contributed by atoms with E-state index >= 15 is 0 Å². The molecule has 0 radical (unpaired) electrons. The topological polar surface area (TPSA) is 58.9 Å². The first-order valence-corrected chi connectivity index (χ1v) is 3.24. The van der Waals surface area contributed by atoms with Gasteiger partial charge in [0.05, 0.1) is 13.2 Å². The van der Waals surface area contributed by atoms with Crippen molar-refractivity contribution in [2.24, 2.45) is 0 Å². The van der Waals surface area contributed by atoms with Gasteiger partial charge in [-0.3, -0.25) is 0 Å². The summed E-state index contributed by atoms with van der Waals surface area (Å²) in [6, 6.07) is 0. The third-order valence-corrected chi connectivity index (χ3v) is 0.800. The van der Waals surface area contributed by atoms with Gasteiger partial charge in [-0.2, -0.15) is 0 Å². The van der Waals surface area contributed by atoms with Crippen LogP contribution in [0.3, 0.4) is 0 Å². The van der Waals surface area contributed by atoms with Gasteiger partial charge < -0.3 is 19.7 Å². The van der Waals surface area contributed by atoms with E-state index in [0.717, 1.165) is 0 Å². The molecule has 0 amide bonds. The van der Waals surface area contributed by atoms with Crippen LogP contribution in [0.2, 0.25) is 0 Å². The zero-order valence-electron chi connectivity index (χ0n) is 6.25. The smallest absolute Gasteiger partial charge is 0.144 e. The van der Waals surface area contributed by atoms with E-state index < -0.39 is 0 Å². The summed E-state index contributed by atoms with van der Waals surface area (Å²) in [7, 11) is 0. The standard InChI is InChI=1S/C7H12O4/c8-3-6-10-4-1-2-5-11-7-9/h8-9H,3-7H2. The fraction of sp³-hybridized carbons (Fsp3) is 0.714. The number of ether oxygens (including phenoxy) is 2. The molecular weight excluding hydrogens is 148 g/mol. The van der Waals surface area contributed by atoms with E-state index in [0.29, 0.717) is 6.61 Å². The number of hydrogen-bond acceptors (Lipinski definition) is 4. The van der Waals surface area contributed by atoms with Crippen molar-refractivity contribution in [3.63, 3.8) is 0 Å². The molecular formula is C7H12O4. The van der Waals surface area contributed by atoms with Gasteiger partial charge in [0.2, 0.25) is 0 Å². The first-order valence-electron chi connectivity index (χ1n) is 3.24. The summed E-state index contributed by atoms with van der Waals surface area (Å²) in [4.78, 5) is 0. The zero-order chi connectivity index (χ0) is 8.36. The molecule has 0 rings (SSSR count). The molecule has 0 bridgehead atoms. The van der Waals surface area contributed by atoms with Gasteiger partial charge in [-0.15, -0.1) is 0 Å². The van der Waals surface area contributed by atoms with Crippen LogP contribution < -0.4 is 0 Å². The molecule has 4 nitrogen and oxygen atoms in total. The molecule has 0 unspecified atom stereocenters. The third-order valence-electron chi connectivity index (χ3n) is 0.800. The van der Waals surface area contributed by atoms with Gasteiger partial charge in [0.25, 0.3) is 0 Å². The lowest BCUT2D eigenvalue weighted by atomic mass is 10.6. The second-order valence-electron chi connectivity index (χ2n) is 1.61. The summed E-state index contributed by atoms with van der Waals surface area (Å²) in [6.07, 6.45) is 0. The lowest BCUT2D eigenvalue weighted by Gasteiger charge is -1.92. The van der Waals surface area contributed by atoms with Crippen LogP contribution in [-0.4, -0.2) is 43.4 Å². The highest BCUT2D eigenvalue weighted by Gasteiger charge is 1.79. The van der Waals surface area contributed by atoms with Crippen LogP contribution in [0, 0.1) is 11.8 Å². The molecule has 0 spiro atoms. The number of aliphatic hydroxyl groups is 2. The first-order chi connectivity index (χ1) is 5.41. The Bertz CT molecular complexity index is 124. The Balaban J connectivity index is 2.99. The van der Waals surface area contributed by atoms with Gasteiger partial charge in [0.15, 0.2) is 0 Å². The van der Waals surface area contributed by atoms with Gasteiger partial charge in [-0.25, -0.2) is 0 Å². The molecule has 0 aliphatic heterocycles. The molecule has 2 N–H and O–H groups in total. The Hall–Kier alpha value is -0.600. The fourth-order valence-electron chi connectivity index (χ4n) is 0.386. The zero-order valence-corrected chi connectivity index (χ0v) is 6.25. The van der Waals surface area contributed by atoms with Gasteiger partial charge in [-0.05, 0) is 0 Å². The Morgan fingerprint density at radius 1 is 1.00 bits per heavy atom. The van der Waals surface area contributed by atoms with Crippen molar-refractivity contribution in [2.75, 3.05) is 33.2 Å². The first kappa shape index (κ1) is 10.4. The average Bonchev–Trinajstić information content (AvgIpc) is 2.03. The van der Waals surface area contributed by atoms with E-state index in [4.69, 9.17) is 14.9 Å². The fourth-order valence-corrected chi connectivity index (χ4v) is 0.386. The summed E-state index contributed by atoms with van der Waals surface area (Å²) in [5, 5.41) is 16.4. The van der Waals surface area contributed by atoms with Crippen molar-refractivity contribution in [3.8, 4) is 11.8 Å². The summed E-state index contributed by atoms with van der Waals surface area (Å²) < 4.78 is 9.34. The van der Waals surface area contributed by atoms with Crippen LogP contribution in [0.5, 0.6) is 0 Å². The SMILES string of the molecule is OCCOCC#CCOCO. The molecule has 0 aliphatic carbocycles. The van der Waals surface area contributed by atoms with E-state index in [-0.39, 0.29) is 26.6 Å². The largest absolute Gasteiger partial charge is 0.394 e. The van der Waals surface area contributed by atoms with Gasteiger partial charge in [-0.1, -0.05) is 11.8 Å². The van der Waals surface area contributed by atoms with Crippen molar-refractivity contribution < 1.29 is 19.7 Å². The van der Waals surface area contributed by atoms with Crippen LogP contribution in [0.25, 0.3) is 0 Å². The lowest BCUT2D eigenvalue weighted by Crippen LogP contribution is -1.99. The highest BCUT2D eigenvalue weighted by atomic mass is 16.6. The summed E-state index contributed by atoms with van der Waals surface area (Å²) >= 11 is 0. The maximum absolute atomic E-state index is 8.28. The van der Waals surface area contributed by atoms with Crippen LogP contribution in [0.15, 0.2) is 0 Å². The molecule has 11 heavy (non-hydrogen) atoms. The number of rotatable bonds is 5. The predicted octanol–water partition coefficient (Wildman–Crippen LogP) is -1.03. The molecule has 0 fully saturated rings. The van der Waals surface area contributed by atoms with E-state index in [1.807, 2.05) is 0 Å². The maximum atomic E-state index is 8.28. The van der Waals surface area contributed by atoms with E-state index in [9.17, 15) is 0 Å². The number of aliphatic hydroxyl groups excluding tert-OH is 2. The quantitative estimate of drug-likeness (QED) is 0.306. The second-order valence-corrected chi connectivity index (χ2v) is 1.61. The third kappa shape index (κ3) is 9.40. The molecule has 0 atom stereocenters. The molecule has 4 heteroatoms. The van der Waals surface area contributed by atoms with Crippen molar-refractivity contribution in [2.45, 2.75) is 0 Å². The van der Waals surface area contributed by atoms with E-state index in [1.165, 1.54) is 0 Å². The Kier molecular flexibility index (Phi) is 8.89. The summed E-state index contributed by atoms with van der Waals surface area (Å²) in [5.41, 5.74) is 0. The van der Waals surface area contributed by atoms with Crippen molar-refractivity contribution in [1.29, 1.82) is 0 Å². The van der Waals surface area contributed by atoms with Gasteiger partial charge >= 0.3 is 0 Å². The van der Waals surface area contributed by atoms with Crippen LogP contribution >= 0.6 is 0 Å². The molecule has 0 aromatic rings. The highest BCUT2D eigenvalue weighted by Crippen LogP contribution is 1.71. The van der Waals surface area contributed by atoms with Crippen LogP contribution in [0.4, 0.5) is 0 Å². The van der Waals surface area contributed by atoms with Crippen molar-refractivity contribution >= 4 is 0 Å². The van der Waals surface area contributed by atoms with Crippen molar-refractivity contribution in [3.05, 3.63) is 0 Å². The molecule has 0 aliphatic rings. The minimum atomic E-state index is -0.313. The minimum absolute atomic E-state index is 0.00875. The van der Waals surface area contributed by atoms with Crippen LogP contribution in [-0.2, 0) is 9.47 Å². The average molecular weight is 160 g/mol.